The number of hydrogen-bond donors (Lipinski definition) is 0. The summed E-state index contributed by atoms with van der Waals surface area (Å²) in [7, 11) is 0. The largest absolute Gasteiger partial charge is 0.499 e. The zero-order valence-corrected chi connectivity index (χ0v) is 7.02. The minimum absolute atomic E-state index is 0.259. The summed E-state index contributed by atoms with van der Waals surface area (Å²) in [6, 6.07) is 0. The van der Waals surface area contributed by atoms with Gasteiger partial charge in [0.05, 0.1) is 16.9 Å². The molecule has 0 bridgehead atoms. The van der Waals surface area contributed by atoms with Crippen LogP contribution in [0.1, 0.15) is 5.69 Å². The van der Waals surface area contributed by atoms with Gasteiger partial charge in [-0.1, -0.05) is 11.6 Å². The summed E-state index contributed by atoms with van der Waals surface area (Å²) in [5, 5.41) is 3.74. The van der Waals surface area contributed by atoms with Crippen LogP contribution in [0.25, 0.3) is 0 Å². The molecule has 0 aliphatic rings. The maximum absolute atomic E-state index is 11.9. The van der Waals surface area contributed by atoms with Gasteiger partial charge in [0.15, 0.2) is 0 Å². The van der Waals surface area contributed by atoms with E-state index in [9.17, 15) is 12.9 Å². The molecule has 0 aromatic carbocycles. The average molecular weight is 197 g/mol. The molecule has 0 unspecified atom stereocenters. The van der Waals surface area contributed by atoms with Crippen LogP contribution in [0.15, 0.2) is 6.20 Å². The summed E-state index contributed by atoms with van der Waals surface area (Å²) in [4.78, 5) is 0. The van der Waals surface area contributed by atoms with Crippen molar-refractivity contribution >= 4 is 18.6 Å². The van der Waals surface area contributed by atoms with Crippen LogP contribution in [-0.4, -0.2) is 16.8 Å². The van der Waals surface area contributed by atoms with Gasteiger partial charge in [-0.3, -0.25) is 4.68 Å². The average Bonchev–Trinajstić information content (AvgIpc) is 2.16. The number of hydrogen-bond acceptors (Lipinski definition) is 1. The predicted octanol–water partition coefficient (Wildman–Crippen LogP) is 2.23. The van der Waals surface area contributed by atoms with Gasteiger partial charge in [-0.25, -0.2) is 0 Å². The van der Waals surface area contributed by atoms with Crippen molar-refractivity contribution in [1.82, 2.24) is 9.78 Å². The first kappa shape index (κ1) is 9.44. The third-order valence-electron chi connectivity index (χ3n) is 1.42. The van der Waals surface area contributed by atoms with Crippen molar-refractivity contribution < 1.29 is 12.9 Å². The van der Waals surface area contributed by atoms with Crippen molar-refractivity contribution in [3.8, 4) is 0 Å². The molecule has 0 aliphatic heterocycles. The molecule has 0 atom stereocenters. The Morgan fingerprint density at radius 3 is 2.50 bits per heavy atom. The first-order chi connectivity index (χ1) is 5.40. The molecule has 0 radical (unpaired) electrons. The van der Waals surface area contributed by atoms with Crippen molar-refractivity contribution in [1.29, 1.82) is 0 Å². The molecule has 0 aliphatic carbocycles. The van der Waals surface area contributed by atoms with Gasteiger partial charge in [0.1, 0.15) is 0 Å². The van der Waals surface area contributed by atoms with E-state index in [1.165, 1.54) is 13.1 Å². The highest BCUT2D eigenvalue weighted by Gasteiger charge is 2.25. The van der Waals surface area contributed by atoms with Crippen molar-refractivity contribution in [3.63, 3.8) is 0 Å². The van der Waals surface area contributed by atoms with E-state index in [2.05, 4.69) is 5.10 Å². The summed E-state index contributed by atoms with van der Waals surface area (Å²) in [5.41, 5.74) is 0.343. The SMILES string of the molecule is Cc1c(Cl)cnn1C[B-](F)(F)F. The summed E-state index contributed by atoms with van der Waals surface area (Å²) >= 11 is 5.51. The van der Waals surface area contributed by atoms with Gasteiger partial charge in [-0.2, -0.15) is 5.10 Å². The zero-order valence-electron chi connectivity index (χ0n) is 6.27. The molecule has 0 saturated heterocycles. The summed E-state index contributed by atoms with van der Waals surface area (Å²) in [6.07, 6.45) is 0.178. The van der Waals surface area contributed by atoms with Gasteiger partial charge in [0, 0.05) is 6.44 Å². The van der Waals surface area contributed by atoms with E-state index >= 15 is 0 Å². The van der Waals surface area contributed by atoms with Gasteiger partial charge >= 0.3 is 6.98 Å². The molecule has 1 aromatic rings. The van der Waals surface area contributed by atoms with Crippen molar-refractivity contribution in [2.24, 2.45) is 0 Å². The van der Waals surface area contributed by atoms with E-state index in [4.69, 9.17) is 11.6 Å². The number of halogens is 4. The Kier molecular flexibility index (Phi) is 2.37. The van der Waals surface area contributed by atoms with Gasteiger partial charge in [0.2, 0.25) is 0 Å². The van der Waals surface area contributed by atoms with Crippen LogP contribution in [0, 0.1) is 6.92 Å². The van der Waals surface area contributed by atoms with E-state index in [1.807, 2.05) is 0 Å². The molecule has 2 nitrogen and oxygen atoms in total. The second-order valence-corrected chi connectivity index (χ2v) is 2.88. The Hall–Kier alpha value is -0.645. The Bertz CT molecular complexity index is 283. The van der Waals surface area contributed by atoms with Crippen molar-refractivity contribution in [2.45, 2.75) is 13.4 Å². The van der Waals surface area contributed by atoms with Crippen LogP contribution < -0.4 is 0 Å². The van der Waals surface area contributed by atoms with Crippen LogP contribution in [0.4, 0.5) is 12.9 Å². The summed E-state index contributed by atoms with van der Waals surface area (Å²) in [5.74, 6) is 0. The van der Waals surface area contributed by atoms with Crippen LogP contribution in [0.3, 0.4) is 0 Å². The molecule has 0 fully saturated rings. The van der Waals surface area contributed by atoms with E-state index < -0.39 is 13.4 Å². The summed E-state index contributed by atoms with van der Waals surface area (Å²) in [6.45, 7) is -3.35. The van der Waals surface area contributed by atoms with Crippen LogP contribution in [0.2, 0.25) is 5.02 Å². The molecule has 0 spiro atoms. The summed E-state index contributed by atoms with van der Waals surface area (Å²) < 4.78 is 36.5. The fraction of sp³-hybridized carbons (Fsp3) is 0.400. The van der Waals surface area contributed by atoms with E-state index in [0.717, 1.165) is 4.68 Å². The lowest BCUT2D eigenvalue weighted by atomic mass is 9.92. The second-order valence-electron chi connectivity index (χ2n) is 2.47. The fourth-order valence-corrected chi connectivity index (χ4v) is 0.945. The smallest absolute Gasteiger partial charge is 0.448 e. The van der Waals surface area contributed by atoms with Crippen molar-refractivity contribution in [2.75, 3.05) is 0 Å². The third-order valence-corrected chi connectivity index (χ3v) is 1.79. The minimum Gasteiger partial charge on any atom is -0.448 e. The van der Waals surface area contributed by atoms with Gasteiger partial charge in [-0.05, 0) is 6.92 Å². The number of nitrogens with zero attached hydrogens (tertiary/aromatic N) is 2. The maximum Gasteiger partial charge on any atom is 0.499 e. The lowest BCUT2D eigenvalue weighted by Gasteiger charge is -2.14. The Labute approximate surface area is 72.4 Å². The van der Waals surface area contributed by atoms with E-state index in [1.54, 1.807) is 0 Å². The normalized spacial score (nSPS) is 12.1. The first-order valence-electron chi connectivity index (χ1n) is 3.29. The monoisotopic (exact) mass is 197 g/mol. The molecule has 1 heterocycles. The van der Waals surface area contributed by atoms with Gasteiger partial charge in [0.25, 0.3) is 0 Å². The highest BCUT2D eigenvalue weighted by atomic mass is 35.5. The lowest BCUT2D eigenvalue weighted by molar-refractivity contribution is 0.433. The van der Waals surface area contributed by atoms with E-state index in [-0.39, 0.29) is 5.02 Å². The molecular weight excluding hydrogens is 191 g/mol. The van der Waals surface area contributed by atoms with Gasteiger partial charge in [-0.15, -0.1) is 0 Å². The highest BCUT2D eigenvalue weighted by molar-refractivity contribution is 6.57. The molecular formula is C5H6BClF3N2-. The molecule has 1 aromatic heterocycles. The third kappa shape index (κ3) is 2.17. The molecule has 0 saturated carbocycles. The van der Waals surface area contributed by atoms with Crippen LogP contribution >= 0.6 is 11.6 Å². The molecule has 68 valence electrons. The second kappa shape index (κ2) is 3.01. The number of aromatic nitrogens is 2. The quantitative estimate of drug-likeness (QED) is 0.665. The molecule has 0 amide bonds. The Balaban J connectivity index is 2.83. The Morgan fingerprint density at radius 1 is 1.58 bits per heavy atom. The van der Waals surface area contributed by atoms with Crippen LogP contribution in [-0.2, 0) is 6.44 Å². The molecule has 7 heteroatoms. The molecule has 12 heavy (non-hydrogen) atoms. The zero-order chi connectivity index (χ0) is 9.35. The lowest BCUT2D eigenvalue weighted by Crippen LogP contribution is -2.25. The maximum atomic E-state index is 11.9. The fourth-order valence-electron chi connectivity index (χ4n) is 0.804. The highest BCUT2D eigenvalue weighted by Crippen LogP contribution is 2.17. The minimum atomic E-state index is -4.85. The molecule has 1 rings (SSSR count). The predicted molar refractivity (Wildman–Crippen MR) is 41.1 cm³/mol. The first-order valence-corrected chi connectivity index (χ1v) is 3.67. The van der Waals surface area contributed by atoms with Crippen LogP contribution in [0.5, 0.6) is 0 Å². The van der Waals surface area contributed by atoms with E-state index in [0.29, 0.717) is 5.69 Å². The standard InChI is InChI=1S/C5H6BClF3N2/c1-4-5(7)2-11-12(4)3-6(8,9)10/h2H,3H2,1H3/q-1. The number of rotatable bonds is 2. The van der Waals surface area contributed by atoms with Gasteiger partial charge < -0.3 is 12.9 Å². The Morgan fingerprint density at radius 2 is 2.17 bits per heavy atom. The molecule has 0 N–H and O–H groups in total. The van der Waals surface area contributed by atoms with Crippen molar-refractivity contribution in [3.05, 3.63) is 16.9 Å². The topological polar surface area (TPSA) is 17.8 Å².